The topological polar surface area (TPSA) is 0 Å². The van der Waals surface area contributed by atoms with Gasteiger partial charge in [0.25, 0.3) is 0 Å². The van der Waals surface area contributed by atoms with E-state index < -0.39 is 0 Å². The van der Waals surface area contributed by atoms with Crippen molar-refractivity contribution in [2.24, 2.45) is 0 Å². The van der Waals surface area contributed by atoms with Crippen LogP contribution in [0.2, 0.25) is 0 Å². The van der Waals surface area contributed by atoms with Crippen molar-refractivity contribution in [3.63, 3.8) is 0 Å². The highest BCUT2D eigenvalue weighted by molar-refractivity contribution is 8.02. The molecule has 2 aromatic carbocycles. The van der Waals surface area contributed by atoms with Crippen LogP contribution in [0.25, 0.3) is 5.57 Å². The van der Waals surface area contributed by atoms with E-state index in [0.29, 0.717) is 5.25 Å². The number of hydrogen-bond acceptors (Lipinski definition) is 1. The van der Waals surface area contributed by atoms with E-state index >= 15 is 0 Å². The van der Waals surface area contributed by atoms with Crippen LogP contribution in [0.3, 0.4) is 0 Å². The van der Waals surface area contributed by atoms with Gasteiger partial charge in [-0.25, -0.2) is 0 Å². The summed E-state index contributed by atoms with van der Waals surface area (Å²) < 4.78 is 0. The second kappa shape index (κ2) is 5.26. The zero-order valence-corrected chi connectivity index (χ0v) is 12.2. The van der Waals surface area contributed by atoms with E-state index in [1.165, 1.54) is 27.8 Å². The predicted molar refractivity (Wildman–Crippen MR) is 85.3 cm³/mol. The Bertz CT molecular complexity index is 591. The first kappa shape index (κ1) is 12.6. The summed E-state index contributed by atoms with van der Waals surface area (Å²) in [5.41, 5.74) is 6.93. The standard InChI is InChI=1S/C18H18S/c1-13-3-7-15(8-4-13)17-11-18(19-12-17)16-9-5-14(2)6-10-16/h3-10,12,18H,11H2,1-2H3. The molecule has 1 aliphatic rings. The molecule has 0 amide bonds. The van der Waals surface area contributed by atoms with E-state index in [1.807, 2.05) is 11.8 Å². The quantitative estimate of drug-likeness (QED) is 0.689. The number of allylic oxidation sites excluding steroid dienone is 1. The maximum Gasteiger partial charge on any atom is 0.0379 e. The van der Waals surface area contributed by atoms with Crippen molar-refractivity contribution in [3.05, 3.63) is 76.2 Å². The lowest BCUT2D eigenvalue weighted by atomic mass is 9.98. The van der Waals surface area contributed by atoms with Gasteiger partial charge in [-0.15, -0.1) is 11.8 Å². The molecule has 1 aliphatic heterocycles. The summed E-state index contributed by atoms with van der Waals surface area (Å²) in [4.78, 5) is 0. The van der Waals surface area contributed by atoms with Crippen LogP contribution in [0.4, 0.5) is 0 Å². The normalized spacial score (nSPS) is 18.4. The molecule has 3 rings (SSSR count). The molecular formula is C18H18S. The van der Waals surface area contributed by atoms with Crippen LogP contribution in [0.15, 0.2) is 53.9 Å². The summed E-state index contributed by atoms with van der Waals surface area (Å²) in [5, 5.41) is 2.91. The molecule has 0 nitrogen and oxygen atoms in total. The summed E-state index contributed by atoms with van der Waals surface area (Å²) in [5.74, 6) is 0. The van der Waals surface area contributed by atoms with Gasteiger partial charge in [0, 0.05) is 5.25 Å². The molecule has 1 unspecified atom stereocenters. The number of benzene rings is 2. The van der Waals surface area contributed by atoms with Gasteiger partial charge in [-0.1, -0.05) is 59.7 Å². The molecule has 1 atom stereocenters. The van der Waals surface area contributed by atoms with E-state index in [2.05, 4.69) is 67.8 Å². The molecule has 0 saturated carbocycles. The minimum absolute atomic E-state index is 0.580. The predicted octanol–water partition coefficient (Wildman–Crippen LogP) is 5.52. The number of aryl methyl sites for hydroxylation is 2. The summed E-state index contributed by atoms with van der Waals surface area (Å²) in [6, 6.07) is 17.8. The van der Waals surface area contributed by atoms with Gasteiger partial charge in [0.15, 0.2) is 0 Å². The van der Waals surface area contributed by atoms with Crippen LogP contribution in [0.5, 0.6) is 0 Å². The average Bonchev–Trinajstić information content (AvgIpc) is 2.90. The fourth-order valence-corrected chi connectivity index (χ4v) is 3.54. The number of hydrogen-bond donors (Lipinski definition) is 0. The van der Waals surface area contributed by atoms with Gasteiger partial charge in [0.1, 0.15) is 0 Å². The highest BCUT2D eigenvalue weighted by atomic mass is 32.2. The minimum Gasteiger partial charge on any atom is -0.125 e. The van der Waals surface area contributed by atoms with Gasteiger partial charge in [-0.05, 0) is 42.4 Å². The SMILES string of the molecule is Cc1ccc(C2=CSC(c3ccc(C)cc3)C2)cc1. The monoisotopic (exact) mass is 266 g/mol. The van der Waals surface area contributed by atoms with Gasteiger partial charge < -0.3 is 0 Å². The molecule has 0 bridgehead atoms. The first-order valence-corrected chi connectivity index (χ1v) is 7.65. The van der Waals surface area contributed by atoms with Gasteiger partial charge >= 0.3 is 0 Å². The van der Waals surface area contributed by atoms with Crippen molar-refractivity contribution in [3.8, 4) is 0 Å². The lowest BCUT2D eigenvalue weighted by Gasteiger charge is -2.10. The Morgan fingerprint density at radius 3 is 2.05 bits per heavy atom. The fraction of sp³-hybridized carbons (Fsp3) is 0.222. The lowest BCUT2D eigenvalue weighted by molar-refractivity contribution is 1.00. The molecule has 0 fully saturated rings. The van der Waals surface area contributed by atoms with E-state index in [0.717, 1.165) is 6.42 Å². The second-order valence-corrected chi connectivity index (χ2v) is 6.33. The van der Waals surface area contributed by atoms with Crippen molar-refractivity contribution in [2.45, 2.75) is 25.5 Å². The van der Waals surface area contributed by atoms with Crippen LogP contribution in [-0.4, -0.2) is 0 Å². The van der Waals surface area contributed by atoms with Gasteiger partial charge in [-0.3, -0.25) is 0 Å². The van der Waals surface area contributed by atoms with Crippen molar-refractivity contribution >= 4 is 17.3 Å². The van der Waals surface area contributed by atoms with Crippen molar-refractivity contribution in [1.82, 2.24) is 0 Å². The molecule has 1 heteroatoms. The molecule has 0 saturated heterocycles. The zero-order valence-electron chi connectivity index (χ0n) is 11.4. The van der Waals surface area contributed by atoms with Crippen LogP contribution in [0.1, 0.15) is 33.9 Å². The Labute approximate surface area is 119 Å². The molecule has 19 heavy (non-hydrogen) atoms. The highest BCUT2D eigenvalue weighted by Crippen LogP contribution is 2.45. The molecule has 0 aliphatic carbocycles. The smallest absolute Gasteiger partial charge is 0.0379 e. The van der Waals surface area contributed by atoms with E-state index in [-0.39, 0.29) is 0 Å². The van der Waals surface area contributed by atoms with Gasteiger partial charge in [-0.2, -0.15) is 0 Å². The van der Waals surface area contributed by atoms with Crippen LogP contribution < -0.4 is 0 Å². The van der Waals surface area contributed by atoms with Crippen molar-refractivity contribution < 1.29 is 0 Å². The zero-order chi connectivity index (χ0) is 13.2. The fourth-order valence-electron chi connectivity index (χ4n) is 2.39. The van der Waals surface area contributed by atoms with Crippen molar-refractivity contribution in [2.75, 3.05) is 0 Å². The molecular weight excluding hydrogens is 248 g/mol. The second-order valence-electron chi connectivity index (χ2n) is 5.25. The lowest BCUT2D eigenvalue weighted by Crippen LogP contribution is -1.91. The van der Waals surface area contributed by atoms with Gasteiger partial charge in [0.05, 0.1) is 0 Å². The van der Waals surface area contributed by atoms with E-state index in [4.69, 9.17) is 0 Å². The van der Waals surface area contributed by atoms with Crippen LogP contribution >= 0.6 is 11.8 Å². The molecule has 2 aromatic rings. The third kappa shape index (κ3) is 2.76. The van der Waals surface area contributed by atoms with E-state index in [1.54, 1.807) is 0 Å². The molecule has 96 valence electrons. The summed E-state index contributed by atoms with van der Waals surface area (Å²) in [6.45, 7) is 4.28. The first-order valence-electron chi connectivity index (χ1n) is 6.70. The molecule has 1 heterocycles. The highest BCUT2D eigenvalue weighted by Gasteiger charge is 2.20. The van der Waals surface area contributed by atoms with Crippen LogP contribution in [-0.2, 0) is 0 Å². The third-order valence-electron chi connectivity index (χ3n) is 3.65. The summed E-state index contributed by atoms with van der Waals surface area (Å²) in [7, 11) is 0. The Morgan fingerprint density at radius 2 is 1.42 bits per heavy atom. The molecule has 0 spiro atoms. The number of thioether (sulfide) groups is 1. The maximum absolute atomic E-state index is 2.33. The first-order chi connectivity index (χ1) is 9.22. The molecule has 0 aromatic heterocycles. The average molecular weight is 266 g/mol. The minimum atomic E-state index is 0.580. The van der Waals surface area contributed by atoms with Crippen LogP contribution in [0, 0.1) is 13.8 Å². The summed E-state index contributed by atoms with van der Waals surface area (Å²) >= 11 is 1.95. The summed E-state index contributed by atoms with van der Waals surface area (Å²) in [6.07, 6.45) is 1.14. The third-order valence-corrected chi connectivity index (χ3v) is 4.84. The molecule has 0 N–H and O–H groups in total. The molecule has 0 radical (unpaired) electrons. The van der Waals surface area contributed by atoms with Gasteiger partial charge in [0.2, 0.25) is 0 Å². The van der Waals surface area contributed by atoms with Crippen molar-refractivity contribution in [1.29, 1.82) is 0 Å². The number of rotatable bonds is 2. The Kier molecular flexibility index (Phi) is 3.48. The Hall–Kier alpha value is -1.47. The maximum atomic E-state index is 2.33. The Morgan fingerprint density at radius 1 is 0.842 bits per heavy atom. The largest absolute Gasteiger partial charge is 0.125 e. The van der Waals surface area contributed by atoms with E-state index in [9.17, 15) is 0 Å². The Balaban J connectivity index is 1.76.